The Kier molecular flexibility index (Phi) is 7.03. The van der Waals surface area contributed by atoms with Crippen molar-refractivity contribution in [1.29, 1.82) is 0 Å². The molecule has 6 heteroatoms. The highest BCUT2D eigenvalue weighted by atomic mass is 28.4. The summed E-state index contributed by atoms with van der Waals surface area (Å²) in [4.78, 5) is 15.0. The summed E-state index contributed by atoms with van der Waals surface area (Å²) >= 11 is 0. The monoisotopic (exact) mass is 335 g/mol. The van der Waals surface area contributed by atoms with Gasteiger partial charge in [0, 0.05) is 18.7 Å². The summed E-state index contributed by atoms with van der Waals surface area (Å²) in [5.74, 6) is 0.753. The largest absolute Gasteiger partial charge is 0.532 e. The molecule has 0 spiro atoms. The first-order valence-corrected chi connectivity index (χ1v) is 10.9. The molecule has 0 saturated heterocycles. The number of rotatable bonds is 8. The van der Waals surface area contributed by atoms with Gasteiger partial charge in [-0.25, -0.2) is 4.99 Å². The molecule has 126 valence electrons. The van der Waals surface area contributed by atoms with E-state index in [1.807, 2.05) is 25.1 Å². The number of aliphatic imine (C=N–C) groups is 1. The minimum atomic E-state index is -1.71. The Hall–Kier alpha value is -2.08. The molecule has 0 radical (unpaired) electrons. The zero-order valence-electron chi connectivity index (χ0n) is 14.5. The van der Waals surface area contributed by atoms with Crippen LogP contribution >= 0.6 is 0 Å². The van der Waals surface area contributed by atoms with Crippen LogP contribution < -0.4 is 4.74 Å². The van der Waals surface area contributed by atoms with Crippen molar-refractivity contribution in [3.8, 4) is 5.75 Å². The first-order valence-electron chi connectivity index (χ1n) is 7.46. The number of hydrogen-bond acceptors (Lipinski definition) is 5. The normalized spacial score (nSPS) is 11.3. The van der Waals surface area contributed by atoms with E-state index in [2.05, 4.69) is 31.2 Å². The SMILES string of the molecule is C=C(N=Cc1cc(C)ccc1OCCOC(C)=O)O[Si](C)(C)C. The Labute approximate surface area is 139 Å². The topological polar surface area (TPSA) is 57.1 Å². The second-order valence-electron chi connectivity index (χ2n) is 6.10. The zero-order chi connectivity index (χ0) is 17.5. The maximum Gasteiger partial charge on any atom is 0.302 e. The summed E-state index contributed by atoms with van der Waals surface area (Å²) in [5.41, 5.74) is 1.92. The van der Waals surface area contributed by atoms with Crippen molar-refractivity contribution in [3.63, 3.8) is 0 Å². The van der Waals surface area contributed by atoms with Crippen LogP contribution in [0.25, 0.3) is 0 Å². The maximum atomic E-state index is 10.7. The van der Waals surface area contributed by atoms with Crippen molar-refractivity contribution < 1.29 is 18.7 Å². The van der Waals surface area contributed by atoms with Crippen LogP contribution in [0.2, 0.25) is 19.6 Å². The van der Waals surface area contributed by atoms with Gasteiger partial charge >= 0.3 is 5.97 Å². The molecule has 0 unspecified atom stereocenters. The molecule has 0 heterocycles. The van der Waals surface area contributed by atoms with Crippen molar-refractivity contribution >= 4 is 20.5 Å². The van der Waals surface area contributed by atoms with Crippen LogP contribution in [0.15, 0.2) is 35.7 Å². The van der Waals surface area contributed by atoms with E-state index >= 15 is 0 Å². The molecule has 5 nitrogen and oxygen atoms in total. The van der Waals surface area contributed by atoms with Crippen LogP contribution in [0.4, 0.5) is 0 Å². The van der Waals surface area contributed by atoms with Gasteiger partial charge in [0.25, 0.3) is 0 Å². The lowest BCUT2D eigenvalue weighted by Gasteiger charge is -2.18. The van der Waals surface area contributed by atoms with Gasteiger partial charge in [0.05, 0.1) is 0 Å². The molecule has 1 aromatic carbocycles. The van der Waals surface area contributed by atoms with E-state index in [9.17, 15) is 4.79 Å². The van der Waals surface area contributed by atoms with Crippen LogP contribution in [0.3, 0.4) is 0 Å². The van der Waals surface area contributed by atoms with Crippen molar-refractivity contribution in [2.45, 2.75) is 33.5 Å². The third kappa shape index (κ3) is 8.20. The van der Waals surface area contributed by atoms with Crippen molar-refractivity contribution in [2.24, 2.45) is 4.99 Å². The zero-order valence-corrected chi connectivity index (χ0v) is 15.5. The minimum Gasteiger partial charge on any atom is -0.532 e. The Bertz CT molecular complexity index is 591. The van der Waals surface area contributed by atoms with Gasteiger partial charge in [-0.15, -0.1) is 0 Å². The molecule has 0 aliphatic heterocycles. The van der Waals surface area contributed by atoms with E-state index in [0.717, 1.165) is 11.1 Å². The number of carbonyl (C=O) groups excluding carboxylic acids is 1. The predicted octanol–water partition coefficient (Wildman–Crippen LogP) is 3.68. The van der Waals surface area contributed by atoms with Crippen LogP contribution in [-0.2, 0) is 14.0 Å². The number of carbonyl (C=O) groups is 1. The molecule has 1 aromatic rings. The van der Waals surface area contributed by atoms with Gasteiger partial charge in [0.1, 0.15) is 19.0 Å². The van der Waals surface area contributed by atoms with Gasteiger partial charge in [-0.05, 0) is 45.3 Å². The van der Waals surface area contributed by atoms with Gasteiger partial charge in [-0.2, -0.15) is 0 Å². The second-order valence-corrected chi connectivity index (χ2v) is 10.5. The molecule has 1 rings (SSSR count). The lowest BCUT2D eigenvalue weighted by molar-refractivity contribution is -0.141. The highest BCUT2D eigenvalue weighted by Gasteiger charge is 2.16. The van der Waals surface area contributed by atoms with E-state index in [1.165, 1.54) is 6.92 Å². The molecule has 0 atom stereocenters. The maximum absolute atomic E-state index is 10.7. The van der Waals surface area contributed by atoms with Crippen molar-refractivity contribution in [1.82, 2.24) is 0 Å². The molecule has 0 aliphatic rings. The number of nitrogens with zero attached hydrogens (tertiary/aromatic N) is 1. The average molecular weight is 335 g/mol. The lowest BCUT2D eigenvalue weighted by Crippen LogP contribution is -2.24. The molecule has 0 fully saturated rings. The Balaban J connectivity index is 2.74. The summed E-state index contributed by atoms with van der Waals surface area (Å²) in [6.07, 6.45) is 1.68. The van der Waals surface area contributed by atoms with E-state index in [0.29, 0.717) is 11.6 Å². The first-order chi connectivity index (χ1) is 10.7. The highest BCUT2D eigenvalue weighted by molar-refractivity contribution is 6.70. The summed E-state index contributed by atoms with van der Waals surface area (Å²) in [5, 5.41) is 0. The molecule has 0 amide bonds. The van der Waals surface area contributed by atoms with E-state index < -0.39 is 8.32 Å². The Morgan fingerprint density at radius 2 is 2.00 bits per heavy atom. The van der Waals surface area contributed by atoms with Crippen LogP contribution in [-0.4, -0.2) is 33.7 Å². The number of hydrogen-bond donors (Lipinski definition) is 0. The Morgan fingerprint density at radius 3 is 2.61 bits per heavy atom. The molecular weight excluding hydrogens is 310 g/mol. The summed E-state index contributed by atoms with van der Waals surface area (Å²) in [7, 11) is -1.71. The quantitative estimate of drug-likeness (QED) is 0.239. The van der Waals surface area contributed by atoms with Crippen LogP contribution in [0.5, 0.6) is 5.75 Å². The summed E-state index contributed by atoms with van der Waals surface area (Å²) < 4.78 is 16.2. The fourth-order valence-electron chi connectivity index (χ4n) is 1.76. The second kappa shape index (κ2) is 8.52. The number of aryl methyl sites for hydroxylation is 1. The molecule has 0 aliphatic carbocycles. The van der Waals surface area contributed by atoms with Crippen molar-refractivity contribution in [2.75, 3.05) is 13.2 Å². The molecule has 0 bridgehead atoms. The third-order valence-corrected chi connectivity index (χ3v) is 3.43. The fraction of sp³-hybridized carbons (Fsp3) is 0.412. The van der Waals surface area contributed by atoms with Gasteiger partial charge in [0.2, 0.25) is 8.32 Å². The number of esters is 1. The standard InChI is InChI=1S/C17H25NO4Si/c1-13-7-8-17(21-10-9-20-15(3)19)16(11-13)12-18-14(2)22-23(4,5)6/h7-8,11-12H,2,9-10H2,1,3-6H3. The molecule has 0 N–H and O–H groups in total. The van der Waals surface area contributed by atoms with Crippen LogP contribution in [0.1, 0.15) is 18.1 Å². The number of benzene rings is 1. The lowest BCUT2D eigenvalue weighted by atomic mass is 10.1. The Morgan fingerprint density at radius 1 is 1.30 bits per heavy atom. The van der Waals surface area contributed by atoms with E-state index in [-0.39, 0.29) is 19.2 Å². The molecule has 0 saturated carbocycles. The third-order valence-electron chi connectivity index (χ3n) is 2.58. The number of ether oxygens (including phenoxy) is 2. The highest BCUT2D eigenvalue weighted by Crippen LogP contribution is 2.19. The predicted molar refractivity (Wildman–Crippen MR) is 94.5 cm³/mol. The molecule has 23 heavy (non-hydrogen) atoms. The summed E-state index contributed by atoms with van der Waals surface area (Å²) in [6.45, 7) is 13.9. The van der Waals surface area contributed by atoms with Gasteiger partial charge in [0.15, 0.2) is 5.88 Å². The van der Waals surface area contributed by atoms with Gasteiger partial charge < -0.3 is 13.9 Å². The van der Waals surface area contributed by atoms with Crippen molar-refractivity contribution in [3.05, 3.63) is 41.8 Å². The van der Waals surface area contributed by atoms with Gasteiger partial charge in [-0.3, -0.25) is 4.79 Å². The fourth-order valence-corrected chi connectivity index (χ4v) is 2.52. The van der Waals surface area contributed by atoms with Crippen LogP contribution in [0, 0.1) is 6.92 Å². The van der Waals surface area contributed by atoms with Gasteiger partial charge in [-0.1, -0.05) is 11.6 Å². The molecular formula is C17H25NO4Si. The summed E-state index contributed by atoms with van der Waals surface area (Å²) in [6, 6.07) is 5.78. The smallest absolute Gasteiger partial charge is 0.302 e. The van der Waals surface area contributed by atoms with E-state index in [4.69, 9.17) is 13.9 Å². The minimum absolute atomic E-state index is 0.214. The first kappa shape index (κ1) is 19.0. The molecule has 0 aromatic heterocycles. The average Bonchev–Trinajstić information content (AvgIpc) is 2.40. The van der Waals surface area contributed by atoms with E-state index in [1.54, 1.807) is 6.21 Å².